The number of aromatic hydroxyl groups is 1. The second-order valence-electron chi connectivity index (χ2n) is 6.57. The van der Waals surface area contributed by atoms with Crippen molar-refractivity contribution in [3.63, 3.8) is 0 Å². The quantitative estimate of drug-likeness (QED) is 0.778. The van der Waals surface area contributed by atoms with E-state index in [1.807, 2.05) is 42.5 Å². The molecular formula is C20H25ClN2O3. The Hall–Kier alpha value is -1.79. The van der Waals surface area contributed by atoms with E-state index in [0.29, 0.717) is 30.5 Å². The molecule has 1 unspecified atom stereocenters. The number of benzene rings is 2. The average molecular weight is 377 g/mol. The summed E-state index contributed by atoms with van der Waals surface area (Å²) in [7, 11) is 0. The molecule has 0 aliphatic carbocycles. The first-order valence-electron chi connectivity index (χ1n) is 8.87. The number of para-hydroxylation sites is 2. The van der Waals surface area contributed by atoms with Gasteiger partial charge >= 0.3 is 0 Å². The number of aliphatic hydroxyl groups is 1. The van der Waals surface area contributed by atoms with Crippen LogP contribution in [0.25, 0.3) is 0 Å². The molecule has 1 heterocycles. The van der Waals surface area contributed by atoms with Gasteiger partial charge in [-0.25, -0.2) is 0 Å². The molecule has 0 aromatic heterocycles. The molecule has 0 spiro atoms. The number of piperazine rings is 1. The minimum absolute atomic E-state index is 0.308. The van der Waals surface area contributed by atoms with Gasteiger partial charge in [0.15, 0.2) is 0 Å². The SMILES string of the molecule is Oc1ccccc1N1CCN(CC(O)COCc2ccc(Cl)cc2)CC1. The summed E-state index contributed by atoms with van der Waals surface area (Å²) in [5, 5.41) is 20.9. The summed E-state index contributed by atoms with van der Waals surface area (Å²) < 4.78 is 5.61. The van der Waals surface area contributed by atoms with Crippen molar-refractivity contribution in [2.24, 2.45) is 0 Å². The van der Waals surface area contributed by atoms with Gasteiger partial charge in [-0.05, 0) is 29.8 Å². The molecular weight excluding hydrogens is 352 g/mol. The third-order valence-electron chi connectivity index (χ3n) is 4.56. The standard InChI is InChI=1S/C20H25ClN2O3/c21-17-7-5-16(6-8-17)14-26-15-18(24)13-22-9-11-23(12-10-22)19-3-1-2-4-20(19)25/h1-8,18,24-25H,9-15H2. The smallest absolute Gasteiger partial charge is 0.138 e. The Balaban J connectivity index is 1.37. The number of phenols is 1. The third-order valence-corrected chi connectivity index (χ3v) is 4.81. The fourth-order valence-corrected chi connectivity index (χ4v) is 3.27. The van der Waals surface area contributed by atoms with Crippen molar-refractivity contribution in [2.75, 3.05) is 44.2 Å². The maximum Gasteiger partial charge on any atom is 0.138 e. The van der Waals surface area contributed by atoms with Gasteiger partial charge in [-0.3, -0.25) is 4.90 Å². The van der Waals surface area contributed by atoms with Crippen LogP contribution in [0.3, 0.4) is 0 Å². The highest BCUT2D eigenvalue weighted by molar-refractivity contribution is 6.30. The summed E-state index contributed by atoms with van der Waals surface area (Å²) in [6.45, 7) is 4.73. The first kappa shape index (κ1) is 19.0. The van der Waals surface area contributed by atoms with Gasteiger partial charge in [-0.1, -0.05) is 35.9 Å². The Kier molecular flexibility index (Phi) is 6.74. The third kappa shape index (κ3) is 5.35. The maximum absolute atomic E-state index is 10.2. The van der Waals surface area contributed by atoms with E-state index < -0.39 is 6.10 Å². The minimum atomic E-state index is -0.515. The largest absolute Gasteiger partial charge is 0.506 e. The number of ether oxygens (including phenoxy) is 1. The van der Waals surface area contributed by atoms with E-state index in [2.05, 4.69) is 9.80 Å². The lowest BCUT2D eigenvalue weighted by molar-refractivity contribution is 0.00913. The van der Waals surface area contributed by atoms with Gasteiger partial charge in [0.05, 0.1) is 25.0 Å². The van der Waals surface area contributed by atoms with Crippen LogP contribution in [0.5, 0.6) is 5.75 Å². The monoisotopic (exact) mass is 376 g/mol. The highest BCUT2D eigenvalue weighted by Gasteiger charge is 2.20. The van der Waals surface area contributed by atoms with Crippen molar-refractivity contribution in [1.82, 2.24) is 4.90 Å². The molecule has 26 heavy (non-hydrogen) atoms. The second-order valence-corrected chi connectivity index (χ2v) is 7.01. The van der Waals surface area contributed by atoms with Gasteiger partial charge in [-0.2, -0.15) is 0 Å². The number of phenolic OH excluding ortho intramolecular Hbond substituents is 1. The van der Waals surface area contributed by atoms with Crippen LogP contribution < -0.4 is 4.90 Å². The van der Waals surface area contributed by atoms with E-state index in [4.69, 9.17) is 16.3 Å². The highest BCUT2D eigenvalue weighted by Crippen LogP contribution is 2.27. The van der Waals surface area contributed by atoms with E-state index >= 15 is 0 Å². The van der Waals surface area contributed by atoms with E-state index in [9.17, 15) is 10.2 Å². The lowest BCUT2D eigenvalue weighted by Gasteiger charge is -2.37. The Morgan fingerprint density at radius 2 is 1.69 bits per heavy atom. The van der Waals surface area contributed by atoms with E-state index in [0.717, 1.165) is 37.4 Å². The minimum Gasteiger partial charge on any atom is -0.506 e. The van der Waals surface area contributed by atoms with E-state index in [-0.39, 0.29) is 0 Å². The number of hydrogen-bond donors (Lipinski definition) is 2. The zero-order valence-corrected chi connectivity index (χ0v) is 15.5. The van der Waals surface area contributed by atoms with Gasteiger partial charge in [0, 0.05) is 37.7 Å². The number of nitrogens with zero attached hydrogens (tertiary/aromatic N) is 2. The summed E-state index contributed by atoms with van der Waals surface area (Å²) in [4.78, 5) is 4.40. The van der Waals surface area contributed by atoms with Gasteiger partial charge < -0.3 is 19.8 Å². The molecule has 0 radical (unpaired) electrons. The topological polar surface area (TPSA) is 56.2 Å². The molecule has 5 nitrogen and oxygen atoms in total. The molecule has 1 saturated heterocycles. The first-order valence-corrected chi connectivity index (χ1v) is 9.25. The summed E-state index contributed by atoms with van der Waals surface area (Å²) in [5.74, 6) is 0.316. The Labute approximate surface area is 159 Å². The van der Waals surface area contributed by atoms with Gasteiger partial charge in [0.25, 0.3) is 0 Å². The molecule has 6 heteroatoms. The van der Waals surface area contributed by atoms with Crippen molar-refractivity contribution in [1.29, 1.82) is 0 Å². The maximum atomic E-state index is 10.2. The van der Waals surface area contributed by atoms with Crippen LogP contribution in [0.2, 0.25) is 5.02 Å². The molecule has 2 aromatic rings. The van der Waals surface area contributed by atoms with Crippen LogP contribution in [0.4, 0.5) is 5.69 Å². The number of hydrogen-bond acceptors (Lipinski definition) is 5. The molecule has 1 aliphatic heterocycles. The van der Waals surface area contributed by atoms with Crippen LogP contribution in [-0.2, 0) is 11.3 Å². The van der Waals surface area contributed by atoms with Crippen LogP contribution in [-0.4, -0.2) is 60.5 Å². The van der Waals surface area contributed by atoms with Crippen molar-refractivity contribution < 1.29 is 14.9 Å². The van der Waals surface area contributed by atoms with Crippen molar-refractivity contribution in [3.8, 4) is 5.75 Å². The molecule has 2 N–H and O–H groups in total. The molecule has 140 valence electrons. The number of aliphatic hydroxyl groups excluding tert-OH is 1. The Morgan fingerprint density at radius 1 is 1.00 bits per heavy atom. The number of anilines is 1. The van der Waals surface area contributed by atoms with Crippen LogP contribution in [0.15, 0.2) is 48.5 Å². The molecule has 1 atom stereocenters. The number of rotatable bonds is 7. The van der Waals surface area contributed by atoms with Crippen LogP contribution in [0, 0.1) is 0 Å². The Bertz CT molecular complexity index is 688. The number of halogens is 1. The molecule has 2 aromatic carbocycles. The molecule has 0 amide bonds. The predicted octanol–water partition coefficient (Wildman–Crippen LogP) is 2.75. The first-order chi connectivity index (χ1) is 12.6. The van der Waals surface area contributed by atoms with Crippen LogP contribution in [0.1, 0.15) is 5.56 Å². The van der Waals surface area contributed by atoms with Gasteiger partial charge in [-0.15, -0.1) is 0 Å². The fraction of sp³-hybridized carbons (Fsp3) is 0.400. The fourth-order valence-electron chi connectivity index (χ4n) is 3.15. The summed E-state index contributed by atoms with van der Waals surface area (Å²) in [6.07, 6.45) is -0.515. The second kappa shape index (κ2) is 9.24. The molecule has 0 bridgehead atoms. The normalized spacial score (nSPS) is 16.6. The van der Waals surface area contributed by atoms with E-state index in [1.54, 1.807) is 6.07 Å². The zero-order valence-electron chi connectivity index (χ0n) is 14.7. The zero-order chi connectivity index (χ0) is 18.4. The lowest BCUT2D eigenvalue weighted by Crippen LogP contribution is -2.49. The highest BCUT2D eigenvalue weighted by atomic mass is 35.5. The number of β-amino-alcohol motifs (C(OH)–C–C–N with tert-alkyl or cyclic N) is 1. The molecule has 0 saturated carbocycles. The summed E-state index contributed by atoms with van der Waals surface area (Å²) in [5.41, 5.74) is 1.91. The molecule has 3 rings (SSSR count). The average Bonchev–Trinajstić information content (AvgIpc) is 2.65. The van der Waals surface area contributed by atoms with Crippen molar-refractivity contribution in [3.05, 3.63) is 59.1 Å². The van der Waals surface area contributed by atoms with Gasteiger partial charge in [0.2, 0.25) is 0 Å². The van der Waals surface area contributed by atoms with Gasteiger partial charge in [0.1, 0.15) is 5.75 Å². The van der Waals surface area contributed by atoms with Crippen LogP contribution >= 0.6 is 11.6 Å². The Morgan fingerprint density at radius 3 is 2.38 bits per heavy atom. The predicted molar refractivity (Wildman–Crippen MR) is 104 cm³/mol. The lowest BCUT2D eigenvalue weighted by atomic mass is 10.2. The van der Waals surface area contributed by atoms with Crippen molar-refractivity contribution >= 4 is 17.3 Å². The summed E-state index contributed by atoms with van der Waals surface area (Å²) >= 11 is 5.86. The molecule has 1 aliphatic rings. The van der Waals surface area contributed by atoms with Crippen molar-refractivity contribution in [2.45, 2.75) is 12.7 Å². The molecule has 1 fully saturated rings. The summed E-state index contributed by atoms with van der Waals surface area (Å²) in [6, 6.07) is 14.9. The van der Waals surface area contributed by atoms with E-state index in [1.165, 1.54) is 0 Å².